The third-order valence-corrected chi connectivity index (χ3v) is 4.05. The van der Waals surface area contributed by atoms with E-state index in [1.54, 1.807) is 11.8 Å². The van der Waals surface area contributed by atoms with Gasteiger partial charge in [0.25, 0.3) is 0 Å². The van der Waals surface area contributed by atoms with Gasteiger partial charge in [0.15, 0.2) is 5.66 Å². The lowest BCUT2D eigenvalue weighted by Crippen LogP contribution is -2.65. The van der Waals surface area contributed by atoms with Crippen LogP contribution in [0.25, 0.3) is 0 Å². The van der Waals surface area contributed by atoms with E-state index in [0.29, 0.717) is 6.42 Å². The summed E-state index contributed by atoms with van der Waals surface area (Å²) in [5.74, 6) is -0.133. The molecule has 3 N–H and O–H groups in total. The molecule has 0 aliphatic carbocycles. The van der Waals surface area contributed by atoms with Crippen LogP contribution in [0.3, 0.4) is 0 Å². The summed E-state index contributed by atoms with van der Waals surface area (Å²) in [6, 6.07) is 0. The first kappa shape index (κ1) is 13.8. The Bertz CT molecular complexity index is 271. The zero-order chi connectivity index (χ0) is 12.4. The van der Waals surface area contributed by atoms with E-state index in [2.05, 4.69) is 13.8 Å². The van der Waals surface area contributed by atoms with E-state index in [9.17, 15) is 9.90 Å². The summed E-state index contributed by atoms with van der Waals surface area (Å²) in [5.41, 5.74) is 4.81. The Balaban J connectivity index is 2.88. The van der Waals surface area contributed by atoms with Crippen molar-refractivity contribution >= 4 is 17.7 Å². The van der Waals surface area contributed by atoms with Crippen molar-refractivity contribution in [3.8, 4) is 0 Å². The van der Waals surface area contributed by atoms with Gasteiger partial charge in [-0.1, -0.05) is 0 Å². The van der Waals surface area contributed by atoms with Crippen LogP contribution in [0.5, 0.6) is 0 Å². The third-order valence-electron chi connectivity index (χ3n) is 3.44. The first-order valence-corrected chi connectivity index (χ1v) is 7.03. The molecule has 1 aliphatic heterocycles. The van der Waals surface area contributed by atoms with Gasteiger partial charge in [0.05, 0.1) is 0 Å². The zero-order valence-electron chi connectivity index (χ0n) is 10.3. The molecule has 16 heavy (non-hydrogen) atoms. The number of nitrogens with zero attached hydrogens (tertiary/aromatic N) is 1. The molecule has 1 saturated heterocycles. The van der Waals surface area contributed by atoms with E-state index >= 15 is 0 Å². The molecular formula is C11H22N2O2S. The van der Waals surface area contributed by atoms with Crippen molar-refractivity contribution < 1.29 is 9.90 Å². The molecule has 0 saturated carbocycles. The second-order valence-corrected chi connectivity index (χ2v) is 6.03. The maximum Gasteiger partial charge on any atom is 0.338 e. The van der Waals surface area contributed by atoms with Crippen molar-refractivity contribution in [3.05, 3.63) is 0 Å². The summed E-state index contributed by atoms with van der Waals surface area (Å²) in [6.07, 6.45) is 4.50. The first-order valence-electron chi connectivity index (χ1n) is 5.63. The van der Waals surface area contributed by atoms with Crippen molar-refractivity contribution in [2.75, 3.05) is 18.6 Å². The second-order valence-electron chi connectivity index (χ2n) is 5.04. The standard InChI is InChI=1S/C11H22N2O2S/c1-10(2)5-4-7-13(10)11(12,9(14)15)6-8-16-3/h4-8,12H2,1-3H3,(H,14,15). The normalized spacial score (nSPS) is 24.2. The van der Waals surface area contributed by atoms with Gasteiger partial charge >= 0.3 is 5.97 Å². The van der Waals surface area contributed by atoms with Gasteiger partial charge < -0.3 is 10.8 Å². The zero-order valence-corrected chi connectivity index (χ0v) is 11.1. The van der Waals surface area contributed by atoms with Gasteiger partial charge in [-0.15, -0.1) is 0 Å². The highest BCUT2D eigenvalue weighted by Crippen LogP contribution is 2.34. The fourth-order valence-electron chi connectivity index (χ4n) is 2.46. The van der Waals surface area contributed by atoms with E-state index < -0.39 is 11.6 Å². The van der Waals surface area contributed by atoms with Crippen molar-refractivity contribution in [1.29, 1.82) is 0 Å². The molecule has 94 valence electrons. The molecular weight excluding hydrogens is 224 g/mol. The molecule has 1 fully saturated rings. The van der Waals surface area contributed by atoms with Gasteiger partial charge in [-0.05, 0) is 45.1 Å². The Kier molecular flexibility index (Phi) is 4.26. The maximum absolute atomic E-state index is 11.4. The minimum absolute atomic E-state index is 0.106. The van der Waals surface area contributed by atoms with Crippen LogP contribution in [0.4, 0.5) is 0 Å². The second kappa shape index (κ2) is 4.94. The number of aliphatic carboxylic acids is 1. The number of thioether (sulfide) groups is 1. The summed E-state index contributed by atoms with van der Waals surface area (Å²) in [5, 5.41) is 9.38. The van der Waals surface area contributed by atoms with E-state index in [0.717, 1.165) is 25.1 Å². The van der Waals surface area contributed by atoms with Crippen LogP contribution >= 0.6 is 11.8 Å². The van der Waals surface area contributed by atoms with Crippen molar-refractivity contribution in [2.45, 2.75) is 44.3 Å². The molecule has 0 aromatic rings. The molecule has 0 aromatic heterocycles. The molecule has 0 spiro atoms. The van der Waals surface area contributed by atoms with Gasteiger partial charge in [-0.3, -0.25) is 4.90 Å². The number of hydrogen-bond acceptors (Lipinski definition) is 4. The van der Waals surface area contributed by atoms with E-state index in [-0.39, 0.29) is 5.54 Å². The van der Waals surface area contributed by atoms with E-state index in [1.165, 1.54) is 0 Å². The van der Waals surface area contributed by atoms with Crippen molar-refractivity contribution in [2.24, 2.45) is 5.73 Å². The summed E-state index contributed by atoms with van der Waals surface area (Å²) >= 11 is 1.63. The first-order chi connectivity index (χ1) is 7.34. The average molecular weight is 246 g/mol. The van der Waals surface area contributed by atoms with Crippen LogP contribution in [0, 0.1) is 0 Å². The highest BCUT2D eigenvalue weighted by Gasteiger charge is 2.48. The monoisotopic (exact) mass is 246 g/mol. The number of carboxylic acids is 1. The molecule has 1 aliphatic rings. The third kappa shape index (κ3) is 2.52. The van der Waals surface area contributed by atoms with Crippen LogP contribution in [0.2, 0.25) is 0 Å². The Hall–Kier alpha value is -0.260. The summed E-state index contributed by atoms with van der Waals surface area (Å²) in [4.78, 5) is 13.4. The topological polar surface area (TPSA) is 66.6 Å². The molecule has 4 nitrogen and oxygen atoms in total. The largest absolute Gasteiger partial charge is 0.479 e. The quantitative estimate of drug-likeness (QED) is 0.766. The number of rotatable bonds is 5. The Morgan fingerprint density at radius 2 is 2.25 bits per heavy atom. The highest BCUT2D eigenvalue weighted by atomic mass is 32.2. The van der Waals surface area contributed by atoms with Crippen LogP contribution < -0.4 is 5.73 Å². The summed E-state index contributed by atoms with van der Waals surface area (Å²) in [7, 11) is 0. The number of carboxylic acid groups (broad SMARTS) is 1. The van der Waals surface area contributed by atoms with Gasteiger partial charge in [0.2, 0.25) is 0 Å². The minimum Gasteiger partial charge on any atom is -0.479 e. The van der Waals surface area contributed by atoms with Gasteiger partial charge in [-0.25, -0.2) is 4.79 Å². The highest BCUT2D eigenvalue weighted by molar-refractivity contribution is 7.98. The van der Waals surface area contributed by atoms with Crippen molar-refractivity contribution in [3.63, 3.8) is 0 Å². The lowest BCUT2D eigenvalue weighted by Gasteiger charge is -2.43. The fraction of sp³-hybridized carbons (Fsp3) is 0.909. The molecule has 1 heterocycles. The minimum atomic E-state index is -1.21. The van der Waals surface area contributed by atoms with Gasteiger partial charge in [0, 0.05) is 12.1 Å². The average Bonchev–Trinajstić information content (AvgIpc) is 2.54. The number of carbonyl (C=O) groups is 1. The van der Waals surface area contributed by atoms with Crippen LogP contribution in [0.1, 0.15) is 33.1 Å². The number of likely N-dealkylation sites (tertiary alicyclic amines) is 1. The summed E-state index contributed by atoms with van der Waals surface area (Å²) < 4.78 is 0. The lowest BCUT2D eigenvalue weighted by atomic mass is 9.96. The Morgan fingerprint density at radius 3 is 2.62 bits per heavy atom. The Labute approximate surface area is 102 Å². The smallest absolute Gasteiger partial charge is 0.338 e. The molecule has 0 radical (unpaired) electrons. The number of nitrogens with two attached hydrogens (primary N) is 1. The molecule has 1 rings (SSSR count). The fourth-order valence-corrected chi connectivity index (χ4v) is 2.98. The van der Waals surface area contributed by atoms with Gasteiger partial charge in [0.1, 0.15) is 0 Å². The summed E-state index contributed by atoms with van der Waals surface area (Å²) in [6.45, 7) is 4.93. The maximum atomic E-state index is 11.4. The van der Waals surface area contributed by atoms with Crippen LogP contribution in [-0.4, -0.2) is 45.7 Å². The van der Waals surface area contributed by atoms with Crippen molar-refractivity contribution in [1.82, 2.24) is 4.90 Å². The van der Waals surface area contributed by atoms with E-state index in [1.807, 2.05) is 11.2 Å². The number of hydrogen-bond donors (Lipinski definition) is 2. The molecule has 0 aromatic carbocycles. The van der Waals surface area contributed by atoms with Gasteiger partial charge in [-0.2, -0.15) is 11.8 Å². The van der Waals surface area contributed by atoms with Crippen LogP contribution in [0.15, 0.2) is 0 Å². The molecule has 1 unspecified atom stereocenters. The SMILES string of the molecule is CSCCC(N)(C(=O)O)N1CCCC1(C)C. The Morgan fingerprint density at radius 1 is 1.62 bits per heavy atom. The molecule has 5 heteroatoms. The molecule has 0 bridgehead atoms. The predicted molar refractivity (Wildman–Crippen MR) is 67.6 cm³/mol. The molecule has 0 amide bonds. The lowest BCUT2D eigenvalue weighted by molar-refractivity contribution is -0.154. The predicted octanol–water partition coefficient (Wildman–Crippen LogP) is 1.35. The molecule has 1 atom stereocenters. The van der Waals surface area contributed by atoms with E-state index in [4.69, 9.17) is 5.73 Å². The van der Waals surface area contributed by atoms with Crippen LogP contribution in [-0.2, 0) is 4.79 Å².